The van der Waals surface area contributed by atoms with Gasteiger partial charge in [0.05, 0.1) is 18.7 Å². The van der Waals surface area contributed by atoms with Gasteiger partial charge in [-0.2, -0.15) is 0 Å². The summed E-state index contributed by atoms with van der Waals surface area (Å²) in [6, 6.07) is 3.15. The van der Waals surface area contributed by atoms with Crippen LogP contribution in [0.4, 0.5) is 5.82 Å². The number of quaternary nitrogens is 1. The lowest BCUT2D eigenvalue weighted by Crippen LogP contribution is -2.53. The number of carboxylic acids is 1. The zero-order valence-corrected chi connectivity index (χ0v) is 7.16. The number of aromatic nitrogens is 1. The maximum Gasteiger partial charge on any atom is 0.337 e. The van der Waals surface area contributed by atoms with Gasteiger partial charge in [0.25, 0.3) is 0 Å². The van der Waals surface area contributed by atoms with Crippen molar-refractivity contribution in [2.75, 3.05) is 18.4 Å². The zero-order valence-electron chi connectivity index (χ0n) is 7.16. The second kappa shape index (κ2) is 4.42. The van der Waals surface area contributed by atoms with Gasteiger partial charge in [-0.3, -0.25) is 0 Å². The monoisotopic (exact) mass is 182 g/mol. The van der Waals surface area contributed by atoms with Crippen LogP contribution in [-0.2, 0) is 0 Å². The number of nitrogens with zero attached hydrogens (tertiary/aromatic N) is 1. The zero-order chi connectivity index (χ0) is 9.68. The summed E-state index contributed by atoms with van der Waals surface area (Å²) in [5, 5.41) is 11.6. The van der Waals surface area contributed by atoms with Crippen LogP contribution in [0, 0.1) is 0 Å². The van der Waals surface area contributed by atoms with Crippen LogP contribution in [0.15, 0.2) is 18.3 Å². The van der Waals surface area contributed by atoms with E-state index >= 15 is 0 Å². The highest BCUT2D eigenvalue weighted by Crippen LogP contribution is 2.03. The Morgan fingerprint density at radius 3 is 2.85 bits per heavy atom. The molecule has 0 amide bonds. The molecular weight excluding hydrogens is 170 g/mol. The van der Waals surface area contributed by atoms with Gasteiger partial charge in [-0.25, -0.2) is 9.78 Å². The molecule has 0 aliphatic rings. The number of nitrogens with one attached hydrogen (secondary N) is 1. The van der Waals surface area contributed by atoms with Crippen molar-refractivity contribution in [1.82, 2.24) is 4.98 Å². The Morgan fingerprint density at radius 2 is 2.38 bits per heavy atom. The molecule has 70 valence electrons. The van der Waals surface area contributed by atoms with E-state index in [0.29, 0.717) is 5.82 Å². The van der Waals surface area contributed by atoms with E-state index in [-0.39, 0.29) is 5.56 Å². The van der Waals surface area contributed by atoms with E-state index in [1.54, 1.807) is 6.07 Å². The van der Waals surface area contributed by atoms with Crippen molar-refractivity contribution < 1.29 is 15.6 Å². The number of aromatic carboxylic acids is 1. The van der Waals surface area contributed by atoms with Gasteiger partial charge in [0.2, 0.25) is 0 Å². The van der Waals surface area contributed by atoms with Crippen LogP contribution < -0.4 is 11.1 Å². The molecule has 0 saturated heterocycles. The first-order valence-electron chi connectivity index (χ1n) is 3.96. The summed E-state index contributed by atoms with van der Waals surface area (Å²) in [4.78, 5) is 14.4. The van der Waals surface area contributed by atoms with Crippen molar-refractivity contribution in [3.05, 3.63) is 23.9 Å². The summed E-state index contributed by atoms with van der Waals surface area (Å²) in [6.07, 6.45) is 1.33. The van der Waals surface area contributed by atoms with Gasteiger partial charge in [-0.1, -0.05) is 0 Å². The van der Waals surface area contributed by atoms with Gasteiger partial charge in [0.15, 0.2) is 0 Å². The van der Waals surface area contributed by atoms with Crippen LogP contribution in [0.2, 0.25) is 0 Å². The molecule has 0 unspecified atom stereocenters. The fourth-order valence-electron chi connectivity index (χ4n) is 0.841. The van der Waals surface area contributed by atoms with E-state index < -0.39 is 5.97 Å². The highest BCUT2D eigenvalue weighted by molar-refractivity contribution is 5.87. The maximum atomic E-state index is 10.5. The molecule has 1 heterocycles. The summed E-state index contributed by atoms with van der Waals surface area (Å²) in [5.41, 5.74) is 3.86. The first-order valence-corrected chi connectivity index (χ1v) is 3.96. The number of hydrogen-bond acceptors (Lipinski definition) is 3. The fourth-order valence-corrected chi connectivity index (χ4v) is 0.841. The SMILES string of the molecule is [NH3+]CCNc1ccc(C(=O)O)cn1. The predicted molar refractivity (Wildman–Crippen MR) is 47.4 cm³/mol. The first-order chi connectivity index (χ1) is 6.24. The van der Waals surface area contributed by atoms with Crippen LogP contribution in [-0.4, -0.2) is 29.1 Å². The molecular formula is C8H12N3O2+. The second-order valence-electron chi connectivity index (χ2n) is 2.52. The number of carboxylic acid groups (broad SMARTS) is 1. The first kappa shape index (κ1) is 9.47. The molecule has 13 heavy (non-hydrogen) atoms. The summed E-state index contributed by atoms with van der Waals surface area (Å²) in [7, 11) is 0. The number of rotatable bonds is 4. The number of hydrogen-bond donors (Lipinski definition) is 3. The highest BCUT2D eigenvalue weighted by atomic mass is 16.4. The van der Waals surface area contributed by atoms with Crippen LogP contribution in [0.5, 0.6) is 0 Å². The normalized spacial score (nSPS) is 9.62. The van der Waals surface area contributed by atoms with E-state index in [0.717, 1.165) is 13.1 Å². The molecule has 0 saturated carbocycles. The van der Waals surface area contributed by atoms with Crippen LogP contribution in [0.25, 0.3) is 0 Å². The smallest absolute Gasteiger partial charge is 0.337 e. The lowest BCUT2D eigenvalue weighted by molar-refractivity contribution is -0.362. The molecule has 0 fully saturated rings. The highest BCUT2D eigenvalue weighted by Gasteiger charge is 2.01. The van der Waals surface area contributed by atoms with E-state index in [4.69, 9.17) is 5.11 Å². The Kier molecular flexibility index (Phi) is 3.22. The Labute approximate surface area is 75.6 Å². The fraction of sp³-hybridized carbons (Fsp3) is 0.250. The number of pyridine rings is 1. The minimum atomic E-state index is -0.962. The quantitative estimate of drug-likeness (QED) is 0.582. The third-order valence-corrected chi connectivity index (χ3v) is 1.49. The Hall–Kier alpha value is -1.62. The summed E-state index contributed by atoms with van der Waals surface area (Å²) in [6.45, 7) is 1.50. The average molecular weight is 182 g/mol. The third-order valence-electron chi connectivity index (χ3n) is 1.49. The molecule has 5 heteroatoms. The van der Waals surface area contributed by atoms with Gasteiger partial charge in [0, 0.05) is 6.20 Å². The van der Waals surface area contributed by atoms with Gasteiger partial charge in [0.1, 0.15) is 5.82 Å². The second-order valence-corrected chi connectivity index (χ2v) is 2.52. The van der Waals surface area contributed by atoms with Crippen molar-refractivity contribution in [3.63, 3.8) is 0 Å². The summed E-state index contributed by atoms with van der Waals surface area (Å²) in [5.74, 6) is -0.287. The Bertz CT molecular complexity index is 284. The molecule has 5 nitrogen and oxygen atoms in total. The number of carbonyl (C=O) groups is 1. The van der Waals surface area contributed by atoms with Gasteiger partial charge in [-0.15, -0.1) is 0 Å². The molecule has 0 atom stereocenters. The van der Waals surface area contributed by atoms with Crippen molar-refractivity contribution in [3.8, 4) is 0 Å². The van der Waals surface area contributed by atoms with Crippen molar-refractivity contribution in [1.29, 1.82) is 0 Å². The Balaban J connectivity index is 2.64. The number of anilines is 1. The van der Waals surface area contributed by atoms with E-state index in [9.17, 15) is 4.79 Å². The molecule has 1 aromatic heterocycles. The molecule has 1 aromatic rings. The maximum absolute atomic E-state index is 10.5. The van der Waals surface area contributed by atoms with Crippen molar-refractivity contribution >= 4 is 11.8 Å². The minimum absolute atomic E-state index is 0.195. The molecule has 0 radical (unpaired) electrons. The summed E-state index contributed by atoms with van der Waals surface area (Å²) < 4.78 is 0. The van der Waals surface area contributed by atoms with Crippen LogP contribution in [0.1, 0.15) is 10.4 Å². The van der Waals surface area contributed by atoms with E-state index in [1.165, 1.54) is 12.3 Å². The standard InChI is InChI=1S/C8H11N3O2/c9-3-4-10-7-2-1-6(5-11-7)8(12)13/h1-2,5H,3-4,9H2,(H,10,11)(H,12,13)/p+1. The minimum Gasteiger partial charge on any atom is -0.478 e. The van der Waals surface area contributed by atoms with Crippen molar-refractivity contribution in [2.45, 2.75) is 0 Å². The van der Waals surface area contributed by atoms with Gasteiger partial charge < -0.3 is 16.2 Å². The third kappa shape index (κ3) is 2.72. The molecule has 0 spiro atoms. The molecule has 5 N–H and O–H groups in total. The van der Waals surface area contributed by atoms with Crippen molar-refractivity contribution in [2.24, 2.45) is 0 Å². The molecule has 0 aliphatic carbocycles. The predicted octanol–water partition coefficient (Wildman–Crippen LogP) is -0.566. The summed E-state index contributed by atoms with van der Waals surface area (Å²) >= 11 is 0. The van der Waals surface area contributed by atoms with Crippen LogP contribution in [0.3, 0.4) is 0 Å². The molecule has 0 bridgehead atoms. The molecule has 1 rings (SSSR count). The van der Waals surface area contributed by atoms with Crippen LogP contribution >= 0.6 is 0 Å². The largest absolute Gasteiger partial charge is 0.478 e. The molecule has 0 aliphatic heterocycles. The van der Waals surface area contributed by atoms with E-state index in [2.05, 4.69) is 16.0 Å². The van der Waals surface area contributed by atoms with E-state index in [1.807, 2.05) is 0 Å². The van der Waals surface area contributed by atoms with Gasteiger partial charge in [-0.05, 0) is 12.1 Å². The average Bonchev–Trinajstić information content (AvgIpc) is 2.15. The lowest BCUT2D eigenvalue weighted by Gasteiger charge is -2.01. The topological polar surface area (TPSA) is 89.9 Å². The Morgan fingerprint density at radius 1 is 1.62 bits per heavy atom. The lowest BCUT2D eigenvalue weighted by atomic mass is 10.3. The van der Waals surface area contributed by atoms with Gasteiger partial charge >= 0.3 is 5.97 Å². The molecule has 0 aromatic carbocycles.